The first-order valence-electron chi connectivity index (χ1n) is 11.7. The maximum absolute atomic E-state index is 13.6. The molecule has 5 rings (SSSR count). The van der Waals surface area contributed by atoms with Crippen molar-refractivity contribution in [1.82, 2.24) is 9.80 Å². The molecule has 174 valence electrons. The molecule has 7 heteroatoms. The van der Waals surface area contributed by atoms with Crippen LogP contribution >= 0.6 is 0 Å². The molecule has 0 saturated carbocycles. The number of likely N-dealkylation sites (N-methyl/N-ethyl adjacent to an activating group) is 1. The van der Waals surface area contributed by atoms with Crippen molar-refractivity contribution in [3.8, 4) is 0 Å². The van der Waals surface area contributed by atoms with Crippen LogP contribution in [-0.4, -0.2) is 61.3 Å². The molecule has 1 atom stereocenters. The summed E-state index contributed by atoms with van der Waals surface area (Å²) in [7, 11) is 2.08. The minimum absolute atomic E-state index is 0.0714. The van der Waals surface area contributed by atoms with Crippen molar-refractivity contribution in [2.24, 2.45) is 5.41 Å². The van der Waals surface area contributed by atoms with E-state index in [1.807, 2.05) is 41.3 Å². The van der Waals surface area contributed by atoms with Gasteiger partial charge in [-0.3, -0.25) is 9.59 Å². The molecule has 0 radical (unpaired) electrons. The average molecular weight is 449 g/mol. The summed E-state index contributed by atoms with van der Waals surface area (Å²) in [5, 5.41) is 3.57. The van der Waals surface area contributed by atoms with Gasteiger partial charge in [-0.1, -0.05) is 26.0 Å². The zero-order valence-corrected chi connectivity index (χ0v) is 19.6. The lowest BCUT2D eigenvalue weighted by Gasteiger charge is -2.38. The summed E-state index contributed by atoms with van der Waals surface area (Å²) in [4.78, 5) is 33.2. The Morgan fingerprint density at radius 2 is 1.85 bits per heavy atom. The zero-order valence-electron chi connectivity index (χ0n) is 19.6. The molecule has 0 bridgehead atoms. The molecular formula is C26H32N4O3. The van der Waals surface area contributed by atoms with E-state index >= 15 is 0 Å². The van der Waals surface area contributed by atoms with Gasteiger partial charge in [-0.2, -0.15) is 0 Å². The van der Waals surface area contributed by atoms with Crippen LogP contribution in [0.2, 0.25) is 0 Å². The smallest absolute Gasteiger partial charge is 0.242 e. The number of allylic oxidation sites excluding steroid dienone is 1. The van der Waals surface area contributed by atoms with Crippen molar-refractivity contribution in [2.45, 2.75) is 32.7 Å². The monoisotopic (exact) mass is 448 g/mol. The molecule has 33 heavy (non-hydrogen) atoms. The number of ketones is 1. The third kappa shape index (κ3) is 4.17. The van der Waals surface area contributed by atoms with Crippen molar-refractivity contribution in [1.29, 1.82) is 0 Å². The lowest BCUT2D eigenvalue weighted by molar-refractivity contribution is -0.131. The molecule has 2 aromatic rings. The van der Waals surface area contributed by atoms with Crippen molar-refractivity contribution in [3.63, 3.8) is 0 Å². The number of amides is 1. The highest BCUT2D eigenvalue weighted by Crippen LogP contribution is 2.48. The predicted octanol–water partition coefficient (Wildman–Crippen LogP) is 3.67. The van der Waals surface area contributed by atoms with Gasteiger partial charge in [-0.05, 0) is 43.1 Å². The maximum atomic E-state index is 13.6. The number of anilines is 2. The van der Waals surface area contributed by atoms with Crippen molar-refractivity contribution >= 4 is 23.1 Å². The quantitative estimate of drug-likeness (QED) is 0.773. The van der Waals surface area contributed by atoms with Crippen LogP contribution < -0.4 is 10.2 Å². The van der Waals surface area contributed by atoms with E-state index in [1.54, 1.807) is 6.26 Å². The Hall–Kier alpha value is -3.06. The summed E-state index contributed by atoms with van der Waals surface area (Å²) >= 11 is 0. The first-order valence-corrected chi connectivity index (χ1v) is 11.7. The fourth-order valence-corrected chi connectivity index (χ4v) is 5.27. The Morgan fingerprint density at radius 3 is 2.58 bits per heavy atom. The number of furan rings is 1. The highest BCUT2D eigenvalue weighted by atomic mass is 16.3. The predicted molar refractivity (Wildman–Crippen MR) is 128 cm³/mol. The maximum Gasteiger partial charge on any atom is 0.242 e. The molecule has 1 aromatic heterocycles. The zero-order chi connectivity index (χ0) is 23.2. The largest absolute Gasteiger partial charge is 0.467 e. The Morgan fingerprint density at radius 1 is 1.09 bits per heavy atom. The Labute approximate surface area is 195 Å². The van der Waals surface area contributed by atoms with Crippen molar-refractivity contribution in [3.05, 3.63) is 59.7 Å². The second-order valence-corrected chi connectivity index (χ2v) is 10.2. The summed E-state index contributed by atoms with van der Waals surface area (Å²) in [5.41, 5.74) is 3.33. The SMILES string of the molecule is CN1CCN(C(=O)CN2c3ccccc3NC3=C(C(=O)CC(C)(C)C3)C2c2ccco2)CC1. The molecule has 1 amide bonds. The van der Waals surface area contributed by atoms with Gasteiger partial charge >= 0.3 is 0 Å². The highest BCUT2D eigenvalue weighted by Gasteiger charge is 2.43. The van der Waals surface area contributed by atoms with Crippen LogP contribution in [0.1, 0.15) is 38.5 Å². The van der Waals surface area contributed by atoms with Crippen LogP contribution in [0.5, 0.6) is 0 Å². The van der Waals surface area contributed by atoms with Gasteiger partial charge in [0.1, 0.15) is 11.8 Å². The summed E-state index contributed by atoms with van der Waals surface area (Å²) in [6.45, 7) is 7.61. The lowest BCUT2D eigenvalue weighted by atomic mass is 9.74. The summed E-state index contributed by atoms with van der Waals surface area (Å²) in [5.74, 6) is 0.863. The van der Waals surface area contributed by atoms with Gasteiger partial charge in [-0.25, -0.2) is 0 Å². The molecule has 2 aliphatic heterocycles. The average Bonchev–Trinajstić information content (AvgIpc) is 3.25. The minimum atomic E-state index is -0.453. The number of hydrogen-bond acceptors (Lipinski definition) is 6. The molecule has 7 nitrogen and oxygen atoms in total. The topological polar surface area (TPSA) is 69.0 Å². The highest BCUT2D eigenvalue weighted by molar-refractivity contribution is 6.01. The molecule has 3 heterocycles. The number of carbonyl (C=O) groups excluding carboxylic acids is 2. The fourth-order valence-electron chi connectivity index (χ4n) is 5.27. The van der Waals surface area contributed by atoms with Crippen LogP contribution in [0, 0.1) is 5.41 Å². The summed E-state index contributed by atoms with van der Waals surface area (Å²) < 4.78 is 5.88. The third-order valence-electron chi connectivity index (χ3n) is 6.98. The normalized spacial score (nSPS) is 23.0. The second-order valence-electron chi connectivity index (χ2n) is 10.2. The van der Waals surface area contributed by atoms with Crippen LogP contribution in [0.15, 0.2) is 58.3 Å². The number of carbonyl (C=O) groups is 2. The number of benzene rings is 1. The third-order valence-corrected chi connectivity index (χ3v) is 6.98. The van der Waals surface area contributed by atoms with Gasteiger partial charge in [0.25, 0.3) is 0 Å². The van der Waals surface area contributed by atoms with E-state index in [9.17, 15) is 9.59 Å². The Bertz CT molecular complexity index is 1080. The second kappa shape index (κ2) is 8.37. The first-order chi connectivity index (χ1) is 15.8. The molecule has 1 aromatic carbocycles. The molecule has 0 spiro atoms. The van der Waals surface area contributed by atoms with Crippen LogP contribution in [0.3, 0.4) is 0 Å². The molecule has 1 unspecified atom stereocenters. The van der Waals surface area contributed by atoms with E-state index in [0.29, 0.717) is 17.8 Å². The van der Waals surface area contributed by atoms with Gasteiger partial charge < -0.3 is 24.4 Å². The molecule has 3 aliphatic rings. The van der Waals surface area contributed by atoms with E-state index in [1.165, 1.54) is 0 Å². The summed E-state index contributed by atoms with van der Waals surface area (Å²) in [6, 6.07) is 11.3. The molecule has 1 fully saturated rings. The molecule has 1 aliphatic carbocycles. The van der Waals surface area contributed by atoms with Crippen LogP contribution in [0.4, 0.5) is 11.4 Å². The van der Waals surface area contributed by atoms with Gasteiger partial charge in [-0.15, -0.1) is 0 Å². The van der Waals surface area contributed by atoms with E-state index < -0.39 is 6.04 Å². The Kier molecular flexibility index (Phi) is 5.52. The number of rotatable bonds is 3. The number of nitrogens with one attached hydrogen (secondary N) is 1. The molecule has 1 saturated heterocycles. The number of piperazine rings is 1. The summed E-state index contributed by atoms with van der Waals surface area (Å²) in [6.07, 6.45) is 2.87. The number of fused-ring (bicyclic) bond motifs is 1. The number of Topliss-reactive ketones (excluding diaryl/α,β-unsaturated/α-hetero) is 1. The lowest BCUT2D eigenvalue weighted by Crippen LogP contribution is -2.50. The van der Waals surface area contributed by atoms with E-state index in [-0.39, 0.29) is 23.7 Å². The molecular weight excluding hydrogens is 416 g/mol. The first kappa shape index (κ1) is 21.8. The molecule has 1 N–H and O–H groups in total. The standard InChI is InChI=1S/C26H32N4O3/c1-26(2)15-19-24(21(31)16-26)25(22-9-6-14-33-22)30(20-8-5-4-7-18(20)27-19)17-23(32)29-12-10-28(3)11-13-29/h4-9,14,25,27H,10-13,15-17H2,1-3H3. The van der Waals surface area contributed by atoms with Crippen LogP contribution in [0.25, 0.3) is 0 Å². The van der Waals surface area contributed by atoms with Crippen molar-refractivity contribution < 1.29 is 14.0 Å². The van der Waals surface area contributed by atoms with Crippen molar-refractivity contribution in [2.75, 3.05) is 50.0 Å². The number of hydrogen-bond donors (Lipinski definition) is 1. The minimum Gasteiger partial charge on any atom is -0.467 e. The van der Waals surface area contributed by atoms with Gasteiger partial charge in [0.05, 0.1) is 24.2 Å². The fraction of sp³-hybridized carbons (Fsp3) is 0.462. The van der Waals surface area contributed by atoms with Gasteiger partial charge in [0, 0.05) is 43.9 Å². The number of nitrogens with zero attached hydrogens (tertiary/aromatic N) is 3. The van der Waals surface area contributed by atoms with Crippen LogP contribution in [-0.2, 0) is 9.59 Å². The van der Waals surface area contributed by atoms with Gasteiger partial charge in [0.15, 0.2) is 5.78 Å². The van der Waals surface area contributed by atoms with E-state index in [4.69, 9.17) is 4.42 Å². The Balaban J connectivity index is 1.60. The van der Waals surface area contributed by atoms with Gasteiger partial charge in [0.2, 0.25) is 5.91 Å². The van der Waals surface area contributed by atoms with E-state index in [0.717, 1.165) is 49.7 Å². The number of para-hydroxylation sites is 2. The van der Waals surface area contributed by atoms with E-state index in [2.05, 4.69) is 36.0 Å².